The van der Waals surface area contributed by atoms with E-state index in [2.05, 4.69) is 140 Å². The highest BCUT2D eigenvalue weighted by molar-refractivity contribution is 7.67. The number of fused-ring (bicyclic) bond motifs is 8. The molecule has 1 aliphatic heterocycles. The molecule has 228 valence electrons. The average molecular weight is 637 g/mol. The Morgan fingerprint density at radius 1 is 0.354 bits per heavy atom. The summed E-state index contributed by atoms with van der Waals surface area (Å²) < 4.78 is 25.8. The first kappa shape index (κ1) is 27.1. The zero-order valence-electron chi connectivity index (χ0n) is 25.9. The fourth-order valence-corrected chi connectivity index (χ4v) is 10.9. The summed E-state index contributed by atoms with van der Waals surface area (Å²) in [5.41, 5.74) is 8.59. The van der Waals surface area contributed by atoms with Gasteiger partial charge in [-0.2, -0.15) is 0 Å². The molecule has 6 heteroatoms. The van der Waals surface area contributed by atoms with Crippen LogP contribution in [0.4, 0.5) is 22.7 Å². The molecule has 0 spiro atoms. The molecule has 3 heterocycles. The third-order valence-electron chi connectivity index (χ3n) is 9.58. The number of anilines is 4. The van der Waals surface area contributed by atoms with Crippen LogP contribution in [0.2, 0.25) is 0 Å². The van der Waals surface area contributed by atoms with Gasteiger partial charge < -0.3 is 4.57 Å². The third-order valence-corrected chi connectivity index (χ3v) is 12.5. The van der Waals surface area contributed by atoms with Crippen LogP contribution < -0.4 is 9.34 Å². The van der Waals surface area contributed by atoms with Crippen LogP contribution in [0.1, 0.15) is 0 Å². The van der Waals surface area contributed by atoms with Gasteiger partial charge in [-0.05, 0) is 60.7 Å². The van der Waals surface area contributed by atoms with Crippen LogP contribution in [0.3, 0.4) is 0 Å². The van der Waals surface area contributed by atoms with E-state index >= 15 is 4.57 Å². The number of benzene rings is 7. The van der Waals surface area contributed by atoms with Crippen molar-refractivity contribution in [3.8, 4) is 5.69 Å². The molecule has 0 amide bonds. The van der Waals surface area contributed by atoms with E-state index in [0.717, 1.165) is 72.0 Å². The Kier molecular flexibility index (Phi) is 5.78. The van der Waals surface area contributed by atoms with Crippen molar-refractivity contribution in [1.82, 2.24) is 8.90 Å². The largest absolute Gasteiger partial charge is 0.374 e. The summed E-state index contributed by atoms with van der Waals surface area (Å²) in [6.45, 7) is 0. The molecule has 10 rings (SSSR count). The van der Waals surface area contributed by atoms with Crippen LogP contribution >= 0.6 is 7.59 Å². The number of hydrogen-bond donors (Lipinski definition) is 0. The van der Waals surface area contributed by atoms with E-state index in [1.807, 2.05) is 54.6 Å². The van der Waals surface area contributed by atoms with Crippen LogP contribution in [-0.4, -0.2) is 8.90 Å². The molecule has 0 radical (unpaired) electrons. The molecule has 0 saturated carbocycles. The molecule has 7 aromatic carbocycles. The van der Waals surface area contributed by atoms with Crippen LogP contribution in [0.5, 0.6) is 0 Å². The highest BCUT2D eigenvalue weighted by Gasteiger charge is 2.51. The summed E-state index contributed by atoms with van der Waals surface area (Å²) >= 11 is 0. The molecule has 0 atom stereocenters. The summed E-state index contributed by atoms with van der Waals surface area (Å²) in [6, 6.07) is 60.5. The minimum Gasteiger partial charge on any atom is -0.307 e. The number of aromatic nitrogens is 2. The van der Waals surface area contributed by atoms with E-state index in [-0.39, 0.29) is 0 Å². The zero-order valence-corrected chi connectivity index (χ0v) is 26.8. The first-order valence-corrected chi connectivity index (χ1v) is 17.7. The van der Waals surface area contributed by atoms with Gasteiger partial charge in [0, 0.05) is 27.2 Å². The SMILES string of the molecule is O=P1(n2c3ccccc3c3ccc4c5ccccc5n(-c5ccccc5)c4c32)N(c2ccccc2)c2ccccc2N1c1ccccc1. The van der Waals surface area contributed by atoms with Crippen molar-refractivity contribution in [3.63, 3.8) is 0 Å². The third kappa shape index (κ3) is 3.59. The smallest absolute Gasteiger partial charge is 0.307 e. The predicted molar refractivity (Wildman–Crippen MR) is 200 cm³/mol. The van der Waals surface area contributed by atoms with Crippen molar-refractivity contribution in [2.24, 2.45) is 0 Å². The lowest BCUT2D eigenvalue weighted by Gasteiger charge is -2.34. The van der Waals surface area contributed by atoms with Crippen molar-refractivity contribution < 1.29 is 4.57 Å². The number of para-hydroxylation sites is 7. The van der Waals surface area contributed by atoms with Gasteiger partial charge in [0.15, 0.2) is 0 Å². The minimum atomic E-state index is -3.80. The highest BCUT2D eigenvalue weighted by Crippen LogP contribution is 2.72. The first-order valence-electron chi connectivity index (χ1n) is 16.2. The Bertz CT molecular complexity index is 2650. The lowest BCUT2D eigenvalue weighted by atomic mass is 10.1. The summed E-state index contributed by atoms with van der Waals surface area (Å²) in [5.74, 6) is 0. The molecule has 1 aliphatic rings. The highest BCUT2D eigenvalue weighted by atomic mass is 31.2. The van der Waals surface area contributed by atoms with Gasteiger partial charge in [0.05, 0.1) is 44.8 Å². The van der Waals surface area contributed by atoms with Gasteiger partial charge in [0.2, 0.25) is 0 Å². The van der Waals surface area contributed by atoms with Crippen molar-refractivity contribution in [2.45, 2.75) is 0 Å². The Labute approximate surface area is 277 Å². The van der Waals surface area contributed by atoms with E-state index in [1.165, 1.54) is 0 Å². The van der Waals surface area contributed by atoms with Gasteiger partial charge in [-0.15, -0.1) is 0 Å². The molecule has 0 bridgehead atoms. The Morgan fingerprint density at radius 2 is 0.771 bits per heavy atom. The first-order chi connectivity index (χ1) is 23.7. The molecule has 5 nitrogen and oxygen atoms in total. The number of rotatable bonds is 4. The van der Waals surface area contributed by atoms with E-state index in [0.29, 0.717) is 0 Å². The Hall–Kier alpha value is -6.03. The van der Waals surface area contributed by atoms with E-state index in [4.69, 9.17) is 0 Å². The van der Waals surface area contributed by atoms with Gasteiger partial charge in [0.25, 0.3) is 0 Å². The van der Waals surface area contributed by atoms with Crippen molar-refractivity contribution in [1.29, 1.82) is 0 Å². The summed E-state index contributed by atoms with van der Waals surface area (Å²) in [5, 5.41) is 4.39. The van der Waals surface area contributed by atoms with Gasteiger partial charge in [-0.3, -0.25) is 13.7 Å². The van der Waals surface area contributed by atoms with Crippen molar-refractivity contribution in [3.05, 3.63) is 176 Å². The standard InChI is InChI=1S/C42H29N4OP/c47-48(44(31-18-6-2-7-19-31)39-26-14-15-27-40(39)45(48)32-20-8-3-9-21-32)46-38-25-13-11-23-34(38)36-29-28-35-33-22-10-12-24-37(33)43(41(35)42(36)46)30-16-4-1-5-17-30/h1-29H. The second-order valence-corrected chi connectivity index (χ2v) is 14.4. The molecular weight excluding hydrogens is 607 g/mol. The molecule has 48 heavy (non-hydrogen) atoms. The normalized spacial score (nSPS) is 14.0. The quantitative estimate of drug-likeness (QED) is 0.180. The molecular formula is C42H29N4OP. The molecule has 0 fully saturated rings. The zero-order chi connectivity index (χ0) is 31.8. The van der Waals surface area contributed by atoms with Gasteiger partial charge >= 0.3 is 7.59 Å². The van der Waals surface area contributed by atoms with E-state index in [9.17, 15) is 0 Å². The Balaban J connectivity index is 1.45. The van der Waals surface area contributed by atoms with Crippen molar-refractivity contribution in [2.75, 3.05) is 9.34 Å². The fraction of sp³-hybridized carbons (Fsp3) is 0. The summed E-state index contributed by atoms with van der Waals surface area (Å²) in [7, 11) is -3.80. The topological polar surface area (TPSA) is 33.4 Å². The molecule has 0 aliphatic carbocycles. The second kappa shape index (κ2) is 10.2. The summed E-state index contributed by atoms with van der Waals surface area (Å²) in [4.78, 5) is 0. The molecule has 0 N–H and O–H groups in total. The van der Waals surface area contributed by atoms with Crippen LogP contribution in [-0.2, 0) is 4.57 Å². The van der Waals surface area contributed by atoms with E-state index < -0.39 is 7.59 Å². The minimum absolute atomic E-state index is 0.869. The Morgan fingerprint density at radius 3 is 1.33 bits per heavy atom. The predicted octanol–water partition coefficient (Wildman–Crippen LogP) is 11.8. The summed E-state index contributed by atoms with van der Waals surface area (Å²) in [6.07, 6.45) is 0. The molecule has 9 aromatic rings. The monoisotopic (exact) mass is 636 g/mol. The average Bonchev–Trinajstić information content (AvgIpc) is 3.76. The van der Waals surface area contributed by atoms with Crippen molar-refractivity contribution >= 4 is 74.0 Å². The van der Waals surface area contributed by atoms with Gasteiger partial charge in [-0.25, -0.2) is 4.57 Å². The van der Waals surface area contributed by atoms with Crippen LogP contribution in [0, 0.1) is 0 Å². The maximum absolute atomic E-state index is 17.1. The maximum atomic E-state index is 17.1. The lowest BCUT2D eigenvalue weighted by Crippen LogP contribution is -2.23. The molecule has 0 saturated heterocycles. The lowest BCUT2D eigenvalue weighted by molar-refractivity contribution is 0.572. The fourth-order valence-electron chi connectivity index (χ4n) is 7.68. The number of hydrogen-bond acceptors (Lipinski definition) is 1. The second-order valence-electron chi connectivity index (χ2n) is 12.2. The molecule has 2 aromatic heterocycles. The van der Waals surface area contributed by atoms with Gasteiger partial charge in [0.1, 0.15) is 0 Å². The maximum Gasteiger partial charge on any atom is 0.374 e. The van der Waals surface area contributed by atoms with Gasteiger partial charge in [-0.1, -0.05) is 115 Å². The van der Waals surface area contributed by atoms with Crippen LogP contribution in [0.15, 0.2) is 176 Å². The van der Waals surface area contributed by atoms with E-state index in [1.54, 1.807) is 0 Å². The van der Waals surface area contributed by atoms with Crippen LogP contribution in [0.25, 0.3) is 49.3 Å². The molecule has 0 unspecified atom stereocenters. The number of nitrogens with zero attached hydrogens (tertiary/aromatic N) is 4.